The summed E-state index contributed by atoms with van der Waals surface area (Å²) in [6.07, 6.45) is 0.492. The lowest BCUT2D eigenvalue weighted by atomic mass is 9.90. The Hall–Kier alpha value is -1.24. The first-order chi connectivity index (χ1) is 9.91. The molecule has 0 aliphatic carbocycles. The van der Waals surface area contributed by atoms with Crippen LogP contribution in [0.2, 0.25) is 0 Å². The van der Waals surface area contributed by atoms with Gasteiger partial charge >= 0.3 is 0 Å². The first kappa shape index (κ1) is 14.7. The van der Waals surface area contributed by atoms with E-state index in [-0.39, 0.29) is 30.3 Å². The highest BCUT2D eigenvalue weighted by molar-refractivity contribution is 7.89. The van der Waals surface area contributed by atoms with Crippen LogP contribution in [0, 0.1) is 12.8 Å². The molecule has 2 saturated heterocycles. The molecule has 0 aromatic heterocycles. The van der Waals surface area contributed by atoms with Gasteiger partial charge in [0.2, 0.25) is 10.0 Å². The number of carbonyl (C=O) groups is 1. The second kappa shape index (κ2) is 5.19. The van der Waals surface area contributed by atoms with Gasteiger partial charge in [0.1, 0.15) is 5.78 Å². The monoisotopic (exact) mass is 308 g/mol. The van der Waals surface area contributed by atoms with Gasteiger partial charge in [-0.15, -0.1) is 0 Å². The molecule has 2 fully saturated rings. The Labute approximate surface area is 125 Å². The van der Waals surface area contributed by atoms with Gasteiger partial charge in [0.25, 0.3) is 0 Å². The van der Waals surface area contributed by atoms with Crippen LogP contribution in [0.3, 0.4) is 0 Å². The highest BCUT2D eigenvalue weighted by Crippen LogP contribution is 2.32. The number of fused-ring (bicyclic) bond motifs is 1. The zero-order chi connectivity index (χ0) is 15.2. The minimum atomic E-state index is -3.55. The van der Waals surface area contributed by atoms with Crippen LogP contribution in [0.5, 0.6) is 0 Å². The summed E-state index contributed by atoms with van der Waals surface area (Å²) in [4.78, 5) is 12.3. The molecule has 6 heteroatoms. The van der Waals surface area contributed by atoms with Crippen LogP contribution in [0.4, 0.5) is 0 Å². The number of hydrogen-bond donors (Lipinski definition) is 1. The van der Waals surface area contributed by atoms with E-state index in [0.29, 0.717) is 17.9 Å². The molecule has 2 aliphatic rings. The van der Waals surface area contributed by atoms with Crippen molar-refractivity contribution in [1.29, 1.82) is 0 Å². The van der Waals surface area contributed by atoms with E-state index in [0.717, 1.165) is 5.56 Å². The molecule has 2 heterocycles. The molecule has 114 valence electrons. The van der Waals surface area contributed by atoms with E-state index in [1.54, 1.807) is 24.3 Å². The van der Waals surface area contributed by atoms with Crippen molar-refractivity contribution in [2.45, 2.75) is 37.2 Å². The van der Waals surface area contributed by atoms with Crippen molar-refractivity contribution in [3.63, 3.8) is 0 Å². The number of Topliss-reactive ketones (excluding diaryl/α,β-unsaturated/α-hetero) is 1. The first-order valence-electron chi connectivity index (χ1n) is 7.26. The Balaban J connectivity index is 1.93. The molecule has 3 rings (SSSR count). The fourth-order valence-electron chi connectivity index (χ4n) is 3.31. The topological polar surface area (TPSA) is 66.5 Å². The normalized spacial score (nSPS) is 30.4. The maximum Gasteiger partial charge on any atom is 0.243 e. The number of nitrogens with zero attached hydrogens (tertiary/aromatic N) is 1. The second-order valence-corrected chi connectivity index (χ2v) is 7.82. The standard InChI is InChI=1S/C15H20N2O3S/c1-10-3-5-12(6-4-10)21(19,20)17-9-13-14(18)7-8-16-15(13)11(17)2/h3-6,11,13,15-16H,7-9H2,1-2H3/t11-,13-,15-/m0/s1. The number of rotatable bonds is 2. The second-order valence-electron chi connectivity index (χ2n) is 5.93. The van der Waals surface area contributed by atoms with Gasteiger partial charge in [0.15, 0.2) is 0 Å². The molecule has 0 unspecified atom stereocenters. The summed E-state index contributed by atoms with van der Waals surface area (Å²) in [5.74, 6) is -0.0406. The maximum absolute atomic E-state index is 12.8. The molecule has 5 nitrogen and oxygen atoms in total. The number of nitrogens with one attached hydrogen (secondary N) is 1. The Bertz CT molecular complexity index is 654. The molecule has 3 atom stereocenters. The summed E-state index contributed by atoms with van der Waals surface area (Å²) in [7, 11) is -3.55. The highest BCUT2D eigenvalue weighted by Gasteiger charge is 2.48. The molecule has 0 radical (unpaired) electrons. The van der Waals surface area contributed by atoms with Gasteiger partial charge in [-0.3, -0.25) is 4.79 Å². The van der Waals surface area contributed by atoms with Crippen LogP contribution in [0.25, 0.3) is 0 Å². The van der Waals surface area contributed by atoms with Gasteiger partial charge in [-0.25, -0.2) is 8.42 Å². The Morgan fingerprint density at radius 2 is 1.90 bits per heavy atom. The van der Waals surface area contributed by atoms with E-state index in [9.17, 15) is 13.2 Å². The zero-order valence-electron chi connectivity index (χ0n) is 12.2. The van der Waals surface area contributed by atoms with Crippen molar-refractivity contribution in [3.05, 3.63) is 29.8 Å². The predicted octanol–water partition coefficient (Wildman–Crippen LogP) is 0.935. The van der Waals surface area contributed by atoms with E-state index in [1.807, 2.05) is 13.8 Å². The number of ketones is 1. The van der Waals surface area contributed by atoms with Crippen molar-refractivity contribution >= 4 is 15.8 Å². The summed E-state index contributed by atoms with van der Waals surface area (Å²) in [5.41, 5.74) is 1.02. The van der Waals surface area contributed by atoms with Crippen molar-refractivity contribution in [3.8, 4) is 0 Å². The average Bonchev–Trinajstić information content (AvgIpc) is 2.79. The largest absolute Gasteiger partial charge is 0.311 e. The van der Waals surface area contributed by atoms with Crippen LogP contribution in [-0.4, -0.2) is 43.7 Å². The van der Waals surface area contributed by atoms with Crippen molar-refractivity contribution in [1.82, 2.24) is 9.62 Å². The van der Waals surface area contributed by atoms with Gasteiger partial charge < -0.3 is 5.32 Å². The van der Waals surface area contributed by atoms with E-state index >= 15 is 0 Å². The molecule has 1 aromatic carbocycles. The molecule has 0 amide bonds. The van der Waals surface area contributed by atoms with Crippen molar-refractivity contribution < 1.29 is 13.2 Å². The van der Waals surface area contributed by atoms with Crippen molar-refractivity contribution in [2.75, 3.05) is 13.1 Å². The van der Waals surface area contributed by atoms with Crippen LogP contribution in [-0.2, 0) is 14.8 Å². The molecular weight excluding hydrogens is 288 g/mol. The quantitative estimate of drug-likeness (QED) is 0.883. The summed E-state index contributed by atoms with van der Waals surface area (Å²) in [5, 5.41) is 3.30. The minimum Gasteiger partial charge on any atom is -0.311 e. The third-order valence-corrected chi connectivity index (χ3v) is 6.54. The summed E-state index contributed by atoms with van der Waals surface area (Å²) < 4.78 is 27.1. The number of piperidine rings is 1. The summed E-state index contributed by atoms with van der Waals surface area (Å²) in [6.45, 7) is 4.73. The number of aryl methyl sites for hydroxylation is 1. The minimum absolute atomic E-state index is 0.0635. The lowest BCUT2D eigenvalue weighted by Crippen LogP contribution is -2.49. The molecule has 0 spiro atoms. The molecule has 1 aromatic rings. The zero-order valence-corrected chi connectivity index (χ0v) is 13.1. The van der Waals surface area contributed by atoms with Crippen molar-refractivity contribution in [2.24, 2.45) is 5.92 Å². The van der Waals surface area contributed by atoms with Crippen LogP contribution >= 0.6 is 0 Å². The summed E-state index contributed by atoms with van der Waals surface area (Å²) in [6, 6.07) is 6.59. The van der Waals surface area contributed by atoms with Gasteiger partial charge in [-0.1, -0.05) is 17.7 Å². The lowest BCUT2D eigenvalue weighted by molar-refractivity contribution is -0.124. The van der Waals surface area contributed by atoms with E-state index < -0.39 is 10.0 Å². The summed E-state index contributed by atoms with van der Waals surface area (Å²) >= 11 is 0. The van der Waals surface area contributed by atoms with E-state index in [4.69, 9.17) is 0 Å². The maximum atomic E-state index is 12.8. The number of sulfonamides is 1. The van der Waals surface area contributed by atoms with Gasteiger partial charge in [-0.2, -0.15) is 4.31 Å². The molecule has 1 N–H and O–H groups in total. The third kappa shape index (κ3) is 2.41. The Morgan fingerprint density at radius 1 is 1.24 bits per heavy atom. The van der Waals surface area contributed by atoms with Crippen LogP contribution < -0.4 is 5.32 Å². The lowest BCUT2D eigenvalue weighted by Gasteiger charge is -2.28. The number of hydrogen-bond acceptors (Lipinski definition) is 4. The van der Waals surface area contributed by atoms with Crippen LogP contribution in [0.1, 0.15) is 18.9 Å². The fourth-order valence-corrected chi connectivity index (χ4v) is 4.99. The van der Waals surface area contributed by atoms with Gasteiger partial charge in [0, 0.05) is 37.5 Å². The molecular formula is C15H20N2O3S. The first-order valence-corrected chi connectivity index (χ1v) is 8.70. The molecule has 0 bridgehead atoms. The highest BCUT2D eigenvalue weighted by atomic mass is 32.2. The molecule has 2 aliphatic heterocycles. The third-order valence-electron chi connectivity index (χ3n) is 4.58. The van der Waals surface area contributed by atoms with E-state index in [1.165, 1.54) is 4.31 Å². The van der Waals surface area contributed by atoms with Crippen LogP contribution in [0.15, 0.2) is 29.2 Å². The number of carbonyl (C=O) groups excluding carboxylic acids is 1. The smallest absolute Gasteiger partial charge is 0.243 e. The Morgan fingerprint density at radius 3 is 2.52 bits per heavy atom. The number of benzene rings is 1. The van der Waals surface area contributed by atoms with E-state index in [2.05, 4.69) is 5.32 Å². The Kier molecular flexibility index (Phi) is 3.63. The predicted molar refractivity (Wildman–Crippen MR) is 79.4 cm³/mol. The van der Waals surface area contributed by atoms with Gasteiger partial charge in [-0.05, 0) is 26.0 Å². The SMILES string of the molecule is Cc1ccc(S(=O)(=O)N2C[C@H]3C(=O)CCN[C@H]3[C@@H]2C)cc1. The molecule has 0 saturated carbocycles. The van der Waals surface area contributed by atoms with Gasteiger partial charge in [0.05, 0.1) is 4.90 Å². The fraction of sp³-hybridized carbons (Fsp3) is 0.533. The average molecular weight is 308 g/mol. The molecule has 21 heavy (non-hydrogen) atoms.